The second-order valence-corrected chi connectivity index (χ2v) is 6.00. The number of carbonyl (C=O) groups excluding carboxylic acids is 1. The summed E-state index contributed by atoms with van der Waals surface area (Å²) in [7, 11) is 0. The minimum Gasteiger partial charge on any atom is -0.508 e. The van der Waals surface area contributed by atoms with Gasteiger partial charge in [0.15, 0.2) is 5.78 Å². The lowest BCUT2D eigenvalue weighted by Gasteiger charge is -2.11. The lowest BCUT2D eigenvalue weighted by Crippen LogP contribution is -1.96. The Bertz CT molecular complexity index is 849. The van der Waals surface area contributed by atoms with Crippen molar-refractivity contribution in [1.29, 1.82) is 0 Å². The maximum absolute atomic E-state index is 11.3. The number of allylic oxidation sites excluding steroid dienone is 5. The van der Waals surface area contributed by atoms with Crippen LogP contribution in [-0.4, -0.2) is 22.0 Å². The number of hydrogen-bond acceptors (Lipinski definition) is 4. The van der Waals surface area contributed by atoms with Crippen molar-refractivity contribution in [3.8, 4) is 5.75 Å². The Labute approximate surface area is 136 Å². The fourth-order valence-corrected chi connectivity index (χ4v) is 3.22. The summed E-state index contributed by atoms with van der Waals surface area (Å²) < 4.78 is 0. The number of benzene rings is 1. The summed E-state index contributed by atoms with van der Waals surface area (Å²) in [5.74, 6) is -0.905. The molecule has 0 radical (unpaired) electrons. The first-order valence-corrected chi connectivity index (χ1v) is 7.63. The van der Waals surface area contributed by atoms with Crippen molar-refractivity contribution in [2.45, 2.75) is 0 Å². The first-order chi connectivity index (χ1) is 11.0. The van der Waals surface area contributed by atoms with Gasteiger partial charge in [0.05, 0.1) is 0 Å². The van der Waals surface area contributed by atoms with Gasteiger partial charge in [-0.3, -0.25) is 4.79 Å². The van der Waals surface area contributed by atoms with Gasteiger partial charge in [-0.2, -0.15) is 0 Å². The van der Waals surface area contributed by atoms with Crippen LogP contribution in [0.25, 0.3) is 5.57 Å². The molecule has 4 nitrogen and oxygen atoms in total. The first kappa shape index (κ1) is 15.0. The first-order valence-electron chi connectivity index (χ1n) is 6.82. The van der Waals surface area contributed by atoms with E-state index in [2.05, 4.69) is 0 Å². The molecular formula is C18H12O4S. The number of phenols is 1. The van der Waals surface area contributed by atoms with Gasteiger partial charge < -0.3 is 10.2 Å². The molecule has 1 aromatic heterocycles. The molecule has 114 valence electrons. The van der Waals surface area contributed by atoms with Crippen LogP contribution in [0.15, 0.2) is 66.3 Å². The molecule has 1 aromatic carbocycles. The van der Waals surface area contributed by atoms with Crippen molar-refractivity contribution in [2.24, 2.45) is 0 Å². The summed E-state index contributed by atoms with van der Waals surface area (Å²) in [6.07, 6.45) is 6.37. The number of carboxylic acid groups (broad SMARTS) is 1. The van der Waals surface area contributed by atoms with E-state index in [0.29, 0.717) is 0 Å². The number of thiophene rings is 1. The van der Waals surface area contributed by atoms with Crippen LogP contribution in [0.4, 0.5) is 0 Å². The van der Waals surface area contributed by atoms with E-state index in [9.17, 15) is 14.7 Å². The van der Waals surface area contributed by atoms with Crippen LogP contribution in [0.3, 0.4) is 0 Å². The van der Waals surface area contributed by atoms with Gasteiger partial charge >= 0.3 is 5.97 Å². The van der Waals surface area contributed by atoms with Crippen molar-refractivity contribution >= 4 is 28.7 Å². The summed E-state index contributed by atoms with van der Waals surface area (Å²) >= 11 is 1.17. The van der Waals surface area contributed by atoms with E-state index in [0.717, 1.165) is 21.6 Å². The molecule has 0 unspecified atom stereocenters. The molecule has 0 aliphatic heterocycles. The Morgan fingerprint density at radius 3 is 2.04 bits per heavy atom. The number of aromatic hydroxyl groups is 1. The van der Waals surface area contributed by atoms with Crippen LogP contribution < -0.4 is 0 Å². The van der Waals surface area contributed by atoms with Crippen molar-refractivity contribution in [1.82, 2.24) is 0 Å². The Kier molecular flexibility index (Phi) is 3.95. The predicted octanol–water partition coefficient (Wildman–Crippen LogP) is 3.65. The number of rotatable bonds is 3. The molecule has 1 aliphatic rings. The smallest absolute Gasteiger partial charge is 0.345 e. The number of phenolic OH excluding ortho intramolecular Hbond substituents is 1. The van der Waals surface area contributed by atoms with Crippen molar-refractivity contribution in [3.63, 3.8) is 0 Å². The molecule has 1 heterocycles. The van der Waals surface area contributed by atoms with Crippen LogP contribution in [-0.2, 0) is 4.79 Å². The summed E-state index contributed by atoms with van der Waals surface area (Å²) in [4.78, 5) is 23.5. The number of aromatic carboxylic acids is 1. The number of hydrogen-bond donors (Lipinski definition) is 2. The molecule has 0 saturated heterocycles. The van der Waals surface area contributed by atoms with Crippen molar-refractivity contribution in [2.75, 3.05) is 0 Å². The Morgan fingerprint density at radius 2 is 1.48 bits per heavy atom. The third-order valence-corrected chi connectivity index (χ3v) is 4.45. The molecule has 0 saturated carbocycles. The predicted molar refractivity (Wildman–Crippen MR) is 88.7 cm³/mol. The highest BCUT2D eigenvalue weighted by molar-refractivity contribution is 7.15. The monoisotopic (exact) mass is 324 g/mol. The van der Waals surface area contributed by atoms with Crippen LogP contribution >= 0.6 is 11.3 Å². The maximum atomic E-state index is 11.3. The molecule has 0 bridgehead atoms. The molecule has 0 atom stereocenters. The molecule has 0 fully saturated rings. The lowest BCUT2D eigenvalue weighted by molar-refractivity contribution is -0.110. The molecule has 1 aliphatic carbocycles. The van der Waals surface area contributed by atoms with E-state index >= 15 is 0 Å². The molecular weight excluding hydrogens is 312 g/mol. The van der Waals surface area contributed by atoms with Gasteiger partial charge in [0.25, 0.3) is 0 Å². The average Bonchev–Trinajstić information content (AvgIpc) is 3.01. The molecule has 0 spiro atoms. The van der Waals surface area contributed by atoms with Crippen molar-refractivity contribution in [3.05, 3.63) is 81.6 Å². The third kappa shape index (κ3) is 3.14. The Morgan fingerprint density at radius 1 is 0.870 bits per heavy atom. The van der Waals surface area contributed by atoms with Gasteiger partial charge in [0.1, 0.15) is 10.6 Å². The standard InChI is InChI=1S/C18H12O4S/c19-13-5-1-11(2-6-13)17(12-3-7-14(20)8-4-12)15-9-10-16(23-15)18(21)22/h1-10,19H,(H,21,22). The Balaban J connectivity index is 2.17. The highest BCUT2D eigenvalue weighted by Crippen LogP contribution is 2.34. The summed E-state index contributed by atoms with van der Waals surface area (Å²) in [5.41, 5.74) is 2.47. The van der Waals surface area contributed by atoms with E-state index < -0.39 is 5.97 Å². The van der Waals surface area contributed by atoms with Gasteiger partial charge in [-0.15, -0.1) is 11.3 Å². The quantitative estimate of drug-likeness (QED) is 0.904. The fraction of sp³-hybridized carbons (Fsp3) is 0. The number of carbonyl (C=O) groups is 2. The number of ketones is 1. The molecule has 2 aromatic rings. The van der Waals surface area contributed by atoms with Crippen LogP contribution in [0.1, 0.15) is 20.1 Å². The molecule has 3 rings (SSSR count). The van der Waals surface area contributed by atoms with Gasteiger partial charge in [0.2, 0.25) is 0 Å². The van der Waals surface area contributed by atoms with E-state index in [1.54, 1.807) is 48.6 Å². The van der Waals surface area contributed by atoms with E-state index in [-0.39, 0.29) is 16.4 Å². The zero-order valence-electron chi connectivity index (χ0n) is 11.9. The van der Waals surface area contributed by atoms with Gasteiger partial charge in [-0.05, 0) is 47.6 Å². The zero-order valence-corrected chi connectivity index (χ0v) is 12.7. The van der Waals surface area contributed by atoms with E-state index in [1.807, 2.05) is 0 Å². The van der Waals surface area contributed by atoms with Gasteiger partial charge in [0, 0.05) is 10.5 Å². The molecule has 0 amide bonds. The zero-order chi connectivity index (χ0) is 16.4. The van der Waals surface area contributed by atoms with Crippen LogP contribution in [0.2, 0.25) is 0 Å². The largest absolute Gasteiger partial charge is 0.508 e. The van der Waals surface area contributed by atoms with Crippen LogP contribution in [0, 0.1) is 0 Å². The minimum atomic E-state index is -0.971. The fourth-order valence-electron chi connectivity index (χ4n) is 2.29. The second-order valence-electron chi connectivity index (χ2n) is 4.92. The van der Waals surface area contributed by atoms with Gasteiger partial charge in [-0.1, -0.05) is 24.3 Å². The van der Waals surface area contributed by atoms with E-state index in [4.69, 9.17) is 5.11 Å². The number of carboxylic acids is 1. The topological polar surface area (TPSA) is 74.6 Å². The minimum absolute atomic E-state index is 0.0868. The van der Waals surface area contributed by atoms with Crippen molar-refractivity contribution < 1.29 is 19.8 Å². The Hall–Kier alpha value is -2.92. The summed E-state index contributed by atoms with van der Waals surface area (Å²) in [5, 5.41) is 18.6. The molecule has 23 heavy (non-hydrogen) atoms. The SMILES string of the molecule is O=C1C=CC(=C(c2ccc(O)cc2)c2ccc(C(=O)O)s2)C=C1. The van der Waals surface area contributed by atoms with Gasteiger partial charge in [-0.25, -0.2) is 4.79 Å². The normalized spacial score (nSPS) is 13.4. The molecule has 2 N–H and O–H groups in total. The van der Waals surface area contributed by atoms with Crippen LogP contribution in [0.5, 0.6) is 5.75 Å². The lowest BCUT2D eigenvalue weighted by atomic mass is 9.95. The highest BCUT2D eigenvalue weighted by Gasteiger charge is 2.15. The summed E-state index contributed by atoms with van der Waals surface area (Å²) in [6, 6.07) is 9.98. The third-order valence-electron chi connectivity index (χ3n) is 3.36. The average molecular weight is 324 g/mol. The highest BCUT2D eigenvalue weighted by atomic mass is 32.1. The second kappa shape index (κ2) is 6.06. The molecule has 5 heteroatoms. The van der Waals surface area contributed by atoms with E-state index in [1.165, 1.54) is 23.5 Å². The maximum Gasteiger partial charge on any atom is 0.345 e. The summed E-state index contributed by atoms with van der Waals surface area (Å²) in [6.45, 7) is 0.